The second-order valence-electron chi connectivity index (χ2n) is 6.28. The Kier molecular flexibility index (Phi) is 8.64. The molecule has 0 atom stereocenters. The summed E-state index contributed by atoms with van der Waals surface area (Å²) in [5.41, 5.74) is 2.22. The van der Waals surface area contributed by atoms with Crippen molar-refractivity contribution in [3.63, 3.8) is 0 Å². The zero-order valence-corrected chi connectivity index (χ0v) is 14.5. The first-order chi connectivity index (χ1) is 11.9. The van der Waals surface area contributed by atoms with Gasteiger partial charge in [0.05, 0.1) is 0 Å². The highest BCUT2D eigenvalue weighted by atomic mass is 16.1. The number of hydrogen-bond donors (Lipinski definition) is 0. The number of ketones is 1. The largest absolute Gasteiger partial charge is 0.289 e. The normalized spacial score (nSPS) is 11.0. The summed E-state index contributed by atoms with van der Waals surface area (Å²) >= 11 is 0. The summed E-state index contributed by atoms with van der Waals surface area (Å²) in [5.74, 6) is 0.108. The molecule has 0 saturated heterocycles. The second kappa shape index (κ2) is 11.4. The van der Waals surface area contributed by atoms with Crippen molar-refractivity contribution in [3.05, 3.63) is 83.9 Å². The number of hydrogen-bond acceptors (Lipinski definition) is 1. The van der Waals surface area contributed by atoms with Crippen LogP contribution in [0.2, 0.25) is 0 Å². The fourth-order valence-electron chi connectivity index (χ4n) is 2.83. The number of carbonyl (C=O) groups is 1. The van der Waals surface area contributed by atoms with Crippen LogP contribution in [-0.2, 0) is 6.42 Å². The maximum atomic E-state index is 11.9. The highest BCUT2D eigenvalue weighted by molar-refractivity contribution is 6.04. The second-order valence-corrected chi connectivity index (χ2v) is 6.28. The van der Waals surface area contributed by atoms with Crippen LogP contribution in [0.1, 0.15) is 60.9 Å². The molecule has 1 nitrogen and oxygen atoms in total. The molecular formula is C23H28O. The molecule has 1 heteroatoms. The molecule has 0 unspecified atom stereocenters. The van der Waals surface area contributed by atoms with Gasteiger partial charge in [0.15, 0.2) is 5.78 Å². The van der Waals surface area contributed by atoms with Gasteiger partial charge in [-0.05, 0) is 37.3 Å². The quantitative estimate of drug-likeness (QED) is 0.266. The molecule has 0 aliphatic carbocycles. The summed E-state index contributed by atoms with van der Waals surface area (Å²) < 4.78 is 0. The van der Waals surface area contributed by atoms with Crippen LogP contribution in [0, 0.1) is 0 Å². The zero-order chi connectivity index (χ0) is 16.9. The number of allylic oxidation sites excluding steroid dienone is 2. The lowest BCUT2D eigenvalue weighted by molar-refractivity contribution is 0.104. The minimum Gasteiger partial charge on any atom is -0.289 e. The lowest BCUT2D eigenvalue weighted by Gasteiger charge is -2.02. The fourth-order valence-corrected chi connectivity index (χ4v) is 2.83. The Hall–Kier alpha value is -2.15. The van der Waals surface area contributed by atoms with Gasteiger partial charge in [0.2, 0.25) is 0 Å². The molecular weight excluding hydrogens is 292 g/mol. The Bertz CT molecular complexity index is 598. The predicted molar refractivity (Wildman–Crippen MR) is 102 cm³/mol. The molecule has 0 radical (unpaired) electrons. The van der Waals surface area contributed by atoms with Crippen LogP contribution in [-0.4, -0.2) is 5.78 Å². The predicted octanol–water partition coefficient (Wildman–Crippen LogP) is 6.40. The summed E-state index contributed by atoms with van der Waals surface area (Å²) in [5, 5.41) is 0. The summed E-state index contributed by atoms with van der Waals surface area (Å²) in [4.78, 5) is 11.9. The van der Waals surface area contributed by atoms with Gasteiger partial charge < -0.3 is 0 Å². The maximum Gasteiger partial charge on any atom is 0.185 e. The average Bonchev–Trinajstić information content (AvgIpc) is 2.64. The topological polar surface area (TPSA) is 17.1 Å². The monoisotopic (exact) mass is 320 g/mol. The molecule has 0 fully saturated rings. The van der Waals surface area contributed by atoms with E-state index in [0.29, 0.717) is 0 Å². The minimum absolute atomic E-state index is 0.108. The number of rotatable bonds is 11. The highest BCUT2D eigenvalue weighted by Gasteiger charge is 1.98. The molecule has 0 amide bonds. The molecule has 0 aromatic heterocycles. The molecule has 0 aliphatic rings. The minimum atomic E-state index is 0.108. The fraction of sp³-hybridized carbons (Fsp3) is 0.348. The van der Waals surface area contributed by atoms with E-state index in [1.807, 2.05) is 36.4 Å². The van der Waals surface area contributed by atoms with Gasteiger partial charge in [-0.1, -0.05) is 92.4 Å². The molecule has 126 valence electrons. The van der Waals surface area contributed by atoms with Gasteiger partial charge in [-0.15, -0.1) is 0 Å². The molecule has 0 N–H and O–H groups in total. The van der Waals surface area contributed by atoms with E-state index in [0.717, 1.165) is 12.0 Å². The van der Waals surface area contributed by atoms with Crippen molar-refractivity contribution in [2.24, 2.45) is 0 Å². The summed E-state index contributed by atoms with van der Waals surface area (Å²) in [7, 11) is 0. The van der Waals surface area contributed by atoms with Crippen molar-refractivity contribution in [2.45, 2.75) is 51.4 Å². The molecule has 24 heavy (non-hydrogen) atoms. The van der Waals surface area contributed by atoms with Crippen LogP contribution in [0.15, 0.2) is 72.8 Å². The van der Waals surface area contributed by atoms with Gasteiger partial charge in [0.1, 0.15) is 0 Å². The van der Waals surface area contributed by atoms with Crippen molar-refractivity contribution in [1.82, 2.24) is 0 Å². The third-order valence-electron chi connectivity index (χ3n) is 4.26. The average molecular weight is 320 g/mol. The van der Waals surface area contributed by atoms with E-state index < -0.39 is 0 Å². The maximum absolute atomic E-state index is 11.9. The number of carbonyl (C=O) groups excluding carboxylic acids is 1. The Morgan fingerprint density at radius 2 is 1.29 bits per heavy atom. The smallest absolute Gasteiger partial charge is 0.185 e. The van der Waals surface area contributed by atoms with E-state index in [4.69, 9.17) is 0 Å². The Balaban J connectivity index is 1.45. The lowest BCUT2D eigenvalue weighted by Crippen LogP contribution is -1.92. The van der Waals surface area contributed by atoms with Crippen molar-refractivity contribution < 1.29 is 4.79 Å². The van der Waals surface area contributed by atoms with Gasteiger partial charge in [-0.3, -0.25) is 4.79 Å². The molecule has 0 aliphatic heterocycles. The van der Waals surface area contributed by atoms with Crippen molar-refractivity contribution in [3.8, 4) is 0 Å². The summed E-state index contributed by atoms with van der Waals surface area (Å²) in [6.45, 7) is 0. The lowest BCUT2D eigenvalue weighted by atomic mass is 10.0. The Morgan fingerprint density at radius 1 is 0.708 bits per heavy atom. The van der Waals surface area contributed by atoms with Crippen LogP contribution >= 0.6 is 0 Å². The van der Waals surface area contributed by atoms with E-state index in [-0.39, 0.29) is 5.78 Å². The molecule has 2 aromatic rings. The zero-order valence-electron chi connectivity index (χ0n) is 14.5. The molecule has 0 saturated carbocycles. The number of unbranched alkanes of at least 4 members (excludes halogenated alkanes) is 6. The molecule has 0 spiro atoms. The number of benzene rings is 2. The van der Waals surface area contributed by atoms with Crippen molar-refractivity contribution >= 4 is 5.78 Å². The molecule has 0 bridgehead atoms. The molecule has 0 heterocycles. The van der Waals surface area contributed by atoms with Crippen molar-refractivity contribution in [1.29, 1.82) is 0 Å². The first kappa shape index (κ1) is 18.2. The third kappa shape index (κ3) is 7.41. The number of aryl methyl sites for hydroxylation is 1. The van der Waals surface area contributed by atoms with Crippen molar-refractivity contribution in [2.75, 3.05) is 0 Å². The Morgan fingerprint density at radius 3 is 2.00 bits per heavy atom. The SMILES string of the molecule is O=C(C=CCCCCCCCCc1ccccc1)c1ccccc1. The molecule has 2 aromatic carbocycles. The Labute approximate surface area is 146 Å². The van der Waals surface area contributed by atoms with Crippen LogP contribution in [0.5, 0.6) is 0 Å². The van der Waals surface area contributed by atoms with E-state index >= 15 is 0 Å². The van der Waals surface area contributed by atoms with Crippen LogP contribution in [0.25, 0.3) is 0 Å². The van der Waals surface area contributed by atoms with Gasteiger partial charge in [-0.25, -0.2) is 0 Å². The highest BCUT2D eigenvalue weighted by Crippen LogP contribution is 2.11. The first-order valence-electron chi connectivity index (χ1n) is 9.16. The first-order valence-corrected chi connectivity index (χ1v) is 9.16. The third-order valence-corrected chi connectivity index (χ3v) is 4.26. The van der Waals surface area contributed by atoms with E-state index in [1.54, 1.807) is 6.08 Å². The van der Waals surface area contributed by atoms with Gasteiger partial charge in [0, 0.05) is 5.56 Å². The van der Waals surface area contributed by atoms with E-state index in [9.17, 15) is 4.79 Å². The van der Waals surface area contributed by atoms with Crippen LogP contribution < -0.4 is 0 Å². The molecule has 2 rings (SSSR count). The van der Waals surface area contributed by atoms with E-state index in [2.05, 4.69) is 30.3 Å². The van der Waals surface area contributed by atoms with Gasteiger partial charge in [-0.2, -0.15) is 0 Å². The van der Waals surface area contributed by atoms with Crippen LogP contribution in [0.3, 0.4) is 0 Å². The van der Waals surface area contributed by atoms with Crippen LogP contribution in [0.4, 0.5) is 0 Å². The van der Waals surface area contributed by atoms with Gasteiger partial charge in [0.25, 0.3) is 0 Å². The van der Waals surface area contributed by atoms with E-state index in [1.165, 1.54) is 50.5 Å². The summed E-state index contributed by atoms with van der Waals surface area (Å²) in [6, 6.07) is 20.2. The summed E-state index contributed by atoms with van der Waals surface area (Å²) in [6.07, 6.45) is 13.6. The van der Waals surface area contributed by atoms with Gasteiger partial charge >= 0.3 is 0 Å². The standard InChI is InChI=1S/C23H28O/c24-23(22-18-12-8-13-19-22)20-14-6-4-2-1-3-5-9-15-21-16-10-7-11-17-21/h7-8,10-14,16-20H,1-6,9,15H2.